The van der Waals surface area contributed by atoms with Crippen LogP contribution in [0.5, 0.6) is 11.5 Å². The van der Waals surface area contributed by atoms with Gasteiger partial charge in [0, 0.05) is 23.1 Å². The maximum absolute atomic E-state index is 13.3. The lowest BCUT2D eigenvalue weighted by atomic mass is 9.84. The predicted octanol–water partition coefficient (Wildman–Crippen LogP) is 3.71. The van der Waals surface area contributed by atoms with Crippen LogP contribution in [0.4, 0.5) is 5.82 Å². The van der Waals surface area contributed by atoms with Crippen molar-refractivity contribution in [3.05, 3.63) is 59.2 Å². The zero-order valence-electron chi connectivity index (χ0n) is 16.4. The average molecular weight is 391 g/mol. The van der Waals surface area contributed by atoms with E-state index in [-0.39, 0.29) is 18.1 Å². The van der Waals surface area contributed by atoms with E-state index in [1.807, 2.05) is 31.2 Å². The number of aromatic amines is 1. The molecule has 0 aliphatic carbocycles. The second-order valence-electron chi connectivity index (χ2n) is 6.97. The topological polar surface area (TPSA) is 93.3 Å². The Kier molecular flexibility index (Phi) is 4.80. The number of carbonyl (C=O) groups excluding carboxylic acids is 2. The fourth-order valence-electron chi connectivity index (χ4n) is 3.61. The van der Waals surface area contributed by atoms with E-state index in [9.17, 15) is 9.59 Å². The van der Waals surface area contributed by atoms with Gasteiger partial charge in [0.1, 0.15) is 0 Å². The maximum Gasteiger partial charge on any atom is 0.226 e. The van der Waals surface area contributed by atoms with Crippen LogP contribution < -0.4 is 14.8 Å². The van der Waals surface area contributed by atoms with Crippen LogP contribution in [0.25, 0.3) is 11.3 Å². The molecule has 29 heavy (non-hydrogen) atoms. The van der Waals surface area contributed by atoms with Crippen LogP contribution in [0.3, 0.4) is 0 Å². The second kappa shape index (κ2) is 7.43. The van der Waals surface area contributed by atoms with E-state index in [0.717, 1.165) is 11.1 Å². The van der Waals surface area contributed by atoms with Crippen LogP contribution in [-0.2, 0) is 4.79 Å². The fourth-order valence-corrected chi connectivity index (χ4v) is 3.61. The number of methoxy groups -OCH3 is 2. The molecular formula is C22H21N3O4. The highest BCUT2D eigenvalue weighted by atomic mass is 16.5. The minimum atomic E-state index is -0.622. The van der Waals surface area contributed by atoms with E-state index in [2.05, 4.69) is 15.5 Å². The zero-order chi connectivity index (χ0) is 20.5. The molecule has 1 amide bonds. The van der Waals surface area contributed by atoms with Crippen molar-refractivity contribution in [1.29, 1.82) is 0 Å². The van der Waals surface area contributed by atoms with E-state index < -0.39 is 5.92 Å². The number of Topliss-reactive ketones (excluding diaryl/α,β-unsaturated/α-hetero) is 1. The van der Waals surface area contributed by atoms with E-state index in [4.69, 9.17) is 9.47 Å². The highest BCUT2D eigenvalue weighted by molar-refractivity contribution is 6.08. The molecule has 0 bridgehead atoms. The number of aryl methyl sites for hydroxylation is 1. The number of hydrogen-bond donors (Lipinski definition) is 2. The molecule has 2 N–H and O–H groups in total. The van der Waals surface area contributed by atoms with Crippen molar-refractivity contribution in [2.45, 2.75) is 19.3 Å². The van der Waals surface area contributed by atoms with Crippen molar-refractivity contribution in [2.75, 3.05) is 19.5 Å². The summed E-state index contributed by atoms with van der Waals surface area (Å²) in [6.07, 6.45) is 0.0690. The van der Waals surface area contributed by atoms with Crippen molar-refractivity contribution in [3.8, 4) is 22.8 Å². The van der Waals surface area contributed by atoms with Gasteiger partial charge >= 0.3 is 0 Å². The summed E-state index contributed by atoms with van der Waals surface area (Å²) < 4.78 is 10.7. The number of carbonyl (C=O) groups is 2. The number of H-pyrrole nitrogens is 1. The Balaban J connectivity index is 1.80. The Morgan fingerprint density at radius 3 is 2.48 bits per heavy atom. The summed E-state index contributed by atoms with van der Waals surface area (Å²) in [5.41, 5.74) is 3.78. The molecular weight excluding hydrogens is 370 g/mol. The van der Waals surface area contributed by atoms with Crippen molar-refractivity contribution in [1.82, 2.24) is 10.2 Å². The Hall–Kier alpha value is -3.61. The molecule has 1 aliphatic heterocycles. The van der Waals surface area contributed by atoms with Crippen LogP contribution >= 0.6 is 0 Å². The number of benzene rings is 2. The summed E-state index contributed by atoms with van der Waals surface area (Å²) in [7, 11) is 3.13. The quantitative estimate of drug-likeness (QED) is 0.647. The lowest BCUT2D eigenvalue weighted by Gasteiger charge is -2.22. The molecule has 0 saturated heterocycles. The van der Waals surface area contributed by atoms with Gasteiger partial charge in [-0.15, -0.1) is 0 Å². The standard InChI is InChI=1S/C22H21N3O4/c1-12-4-6-13(7-5-12)21(27)15-11-18(26)23-22-19(15)20(24-25-22)14-8-9-16(28-2)17(10-14)29-3/h4-10,15H,11H2,1-3H3,(H2,23,24,25,26). The Morgan fingerprint density at radius 1 is 1.07 bits per heavy atom. The summed E-state index contributed by atoms with van der Waals surface area (Å²) >= 11 is 0. The molecule has 7 nitrogen and oxygen atoms in total. The number of hydrogen-bond acceptors (Lipinski definition) is 5. The minimum absolute atomic E-state index is 0.0690. The first-order valence-corrected chi connectivity index (χ1v) is 9.23. The van der Waals surface area contributed by atoms with Crippen LogP contribution in [0.15, 0.2) is 42.5 Å². The summed E-state index contributed by atoms with van der Waals surface area (Å²) in [5.74, 6) is 0.595. The lowest BCUT2D eigenvalue weighted by Crippen LogP contribution is -2.27. The summed E-state index contributed by atoms with van der Waals surface area (Å²) in [5, 5.41) is 9.97. The largest absolute Gasteiger partial charge is 0.493 e. The molecule has 4 rings (SSSR count). The number of nitrogens with one attached hydrogen (secondary N) is 2. The molecule has 0 saturated carbocycles. The first-order chi connectivity index (χ1) is 14.0. The molecule has 7 heteroatoms. The third-order valence-corrected chi connectivity index (χ3v) is 5.12. The molecule has 1 atom stereocenters. The Labute approximate surface area is 168 Å². The van der Waals surface area contributed by atoms with Gasteiger partial charge in [0.05, 0.1) is 25.8 Å². The molecule has 2 aromatic carbocycles. The number of aromatic nitrogens is 2. The molecule has 1 unspecified atom stereocenters. The number of ether oxygens (including phenoxy) is 2. The second-order valence-corrected chi connectivity index (χ2v) is 6.97. The van der Waals surface area contributed by atoms with Crippen LogP contribution in [0.2, 0.25) is 0 Å². The third kappa shape index (κ3) is 3.35. The van der Waals surface area contributed by atoms with Gasteiger partial charge in [0.15, 0.2) is 23.1 Å². The Morgan fingerprint density at radius 2 is 1.79 bits per heavy atom. The molecule has 0 radical (unpaired) electrons. The van der Waals surface area contributed by atoms with Crippen LogP contribution in [-0.4, -0.2) is 36.1 Å². The minimum Gasteiger partial charge on any atom is -0.493 e. The number of nitrogens with zero attached hydrogens (tertiary/aromatic N) is 1. The van der Waals surface area contributed by atoms with Gasteiger partial charge in [-0.1, -0.05) is 29.8 Å². The number of fused-ring (bicyclic) bond motifs is 1. The number of anilines is 1. The zero-order valence-corrected chi connectivity index (χ0v) is 16.4. The van der Waals surface area contributed by atoms with Gasteiger partial charge in [-0.3, -0.25) is 14.7 Å². The highest BCUT2D eigenvalue weighted by Crippen LogP contribution is 2.41. The third-order valence-electron chi connectivity index (χ3n) is 5.12. The van der Waals surface area contributed by atoms with Gasteiger partial charge in [-0.2, -0.15) is 5.10 Å². The van der Waals surface area contributed by atoms with Crippen LogP contribution in [0, 0.1) is 6.92 Å². The monoisotopic (exact) mass is 391 g/mol. The SMILES string of the molecule is COc1ccc(-c2[nH]nc3c2C(C(=O)c2ccc(C)cc2)CC(=O)N3)cc1OC. The molecule has 0 spiro atoms. The maximum atomic E-state index is 13.3. The molecule has 3 aromatic rings. The van der Waals surface area contributed by atoms with Crippen molar-refractivity contribution in [2.24, 2.45) is 0 Å². The van der Waals surface area contributed by atoms with Gasteiger partial charge in [-0.05, 0) is 25.1 Å². The van der Waals surface area contributed by atoms with E-state index in [0.29, 0.717) is 34.1 Å². The number of amides is 1. The Bertz CT molecular complexity index is 1090. The average Bonchev–Trinajstić information content (AvgIpc) is 3.16. The smallest absolute Gasteiger partial charge is 0.226 e. The van der Waals surface area contributed by atoms with Gasteiger partial charge < -0.3 is 14.8 Å². The number of ketones is 1. The molecule has 148 valence electrons. The van der Waals surface area contributed by atoms with Gasteiger partial charge in [0.2, 0.25) is 5.91 Å². The number of rotatable bonds is 5. The van der Waals surface area contributed by atoms with E-state index >= 15 is 0 Å². The first kappa shape index (κ1) is 18.7. The van der Waals surface area contributed by atoms with Crippen molar-refractivity contribution in [3.63, 3.8) is 0 Å². The summed E-state index contributed by atoms with van der Waals surface area (Å²) in [6.45, 7) is 1.96. The van der Waals surface area contributed by atoms with E-state index in [1.54, 1.807) is 32.4 Å². The predicted molar refractivity (Wildman–Crippen MR) is 109 cm³/mol. The van der Waals surface area contributed by atoms with Gasteiger partial charge in [-0.25, -0.2) is 0 Å². The summed E-state index contributed by atoms with van der Waals surface area (Å²) in [6, 6.07) is 12.8. The summed E-state index contributed by atoms with van der Waals surface area (Å²) in [4.78, 5) is 25.5. The van der Waals surface area contributed by atoms with Crippen LogP contribution in [0.1, 0.15) is 33.8 Å². The molecule has 1 aromatic heterocycles. The molecule has 2 heterocycles. The van der Waals surface area contributed by atoms with Crippen molar-refractivity contribution < 1.29 is 19.1 Å². The molecule has 1 aliphatic rings. The first-order valence-electron chi connectivity index (χ1n) is 9.23. The fraction of sp³-hybridized carbons (Fsp3) is 0.227. The lowest BCUT2D eigenvalue weighted by molar-refractivity contribution is -0.116. The highest BCUT2D eigenvalue weighted by Gasteiger charge is 2.36. The normalized spacial score (nSPS) is 15.4. The molecule has 0 fully saturated rings. The van der Waals surface area contributed by atoms with E-state index in [1.165, 1.54) is 0 Å². The van der Waals surface area contributed by atoms with Crippen molar-refractivity contribution >= 4 is 17.5 Å². The van der Waals surface area contributed by atoms with Gasteiger partial charge in [0.25, 0.3) is 0 Å².